The Morgan fingerprint density at radius 2 is 1.79 bits per heavy atom. The standard InChI is InChI=1S/C34H35FN6O6/c1-18-21(20-13-26(35)25(28(14-20)47-4)16-41-12-11-34(17-41)31(44)38-32(45)39-34)7-5-8-22(18)23-9-6-10-27(19(23)2)37-29(42)24-15-36-33(46)40(3)30(24)43/h5-10,13-15,31,44H,11-12,16-17H2,1-4H3,(H,36,46)(H,37,42)(H2,38,39,45). The van der Waals surface area contributed by atoms with Gasteiger partial charge >= 0.3 is 11.7 Å². The number of hydrogen-bond donors (Lipinski definition) is 5. The Labute approximate surface area is 269 Å². The van der Waals surface area contributed by atoms with Crippen LogP contribution in [0.1, 0.15) is 33.5 Å². The zero-order valence-electron chi connectivity index (χ0n) is 26.4. The van der Waals surface area contributed by atoms with Crippen molar-refractivity contribution in [2.24, 2.45) is 7.05 Å². The van der Waals surface area contributed by atoms with E-state index in [-0.39, 0.29) is 12.1 Å². The molecule has 5 N–H and O–H groups in total. The van der Waals surface area contributed by atoms with Crippen molar-refractivity contribution in [3.63, 3.8) is 0 Å². The second-order valence-corrected chi connectivity index (χ2v) is 12.0. The third kappa shape index (κ3) is 5.68. The van der Waals surface area contributed by atoms with Gasteiger partial charge in [0.2, 0.25) is 0 Å². The number of ether oxygens (including phenoxy) is 1. The quantitative estimate of drug-likeness (QED) is 0.207. The fourth-order valence-corrected chi connectivity index (χ4v) is 6.51. The maximum atomic E-state index is 15.8. The Balaban J connectivity index is 1.28. The molecule has 2 aliphatic heterocycles. The van der Waals surface area contributed by atoms with Gasteiger partial charge in [-0.1, -0.05) is 30.3 Å². The van der Waals surface area contributed by atoms with Crippen molar-refractivity contribution in [2.45, 2.75) is 38.6 Å². The number of halogens is 1. The molecule has 2 saturated heterocycles. The van der Waals surface area contributed by atoms with Crippen LogP contribution >= 0.6 is 0 Å². The minimum Gasteiger partial charge on any atom is -0.496 e. The van der Waals surface area contributed by atoms with E-state index >= 15 is 4.39 Å². The predicted octanol–water partition coefficient (Wildman–Crippen LogP) is 3.00. The van der Waals surface area contributed by atoms with E-state index in [4.69, 9.17) is 4.74 Å². The van der Waals surface area contributed by atoms with E-state index in [1.807, 2.05) is 43.0 Å². The van der Waals surface area contributed by atoms with Crippen molar-refractivity contribution < 1.29 is 23.8 Å². The minimum absolute atomic E-state index is 0.196. The minimum atomic E-state index is -1.02. The van der Waals surface area contributed by atoms with Crippen molar-refractivity contribution in [3.05, 3.63) is 104 Å². The molecule has 1 aromatic heterocycles. The van der Waals surface area contributed by atoms with E-state index in [0.29, 0.717) is 42.1 Å². The van der Waals surface area contributed by atoms with Crippen LogP contribution in [0.2, 0.25) is 0 Å². The topological polar surface area (TPSA) is 158 Å². The number of H-pyrrole nitrogens is 1. The molecule has 2 atom stereocenters. The lowest BCUT2D eigenvalue weighted by Crippen LogP contribution is -2.51. The van der Waals surface area contributed by atoms with Crippen molar-refractivity contribution >= 4 is 17.6 Å². The third-order valence-electron chi connectivity index (χ3n) is 9.23. The molecule has 1 spiro atoms. The van der Waals surface area contributed by atoms with E-state index in [1.165, 1.54) is 20.2 Å². The number of nitrogens with zero attached hydrogens (tertiary/aromatic N) is 2. The van der Waals surface area contributed by atoms with E-state index in [1.54, 1.807) is 18.2 Å². The number of amides is 3. The van der Waals surface area contributed by atoms with E-state index < -0.39 is 40.8 Å². The van der Waals surface area contributed by atoms with E-state index in [2.05, 4.69) is 20.9 Å². The van der Waals surface area contributed by atoms with Crippen molar-refractivity contribution in [2.75, 3.05) is 25.5 Å². The van der Waals surface area contributed by atoms with Gasteiger partial charge in [-0.05, 0) is 71.8 Å². The number of hydrogen-bond acceptors (Lipinski definition) is 7. The van der Waals surface area contributed by atoms with Gasteiger partial charge in [-0.25, -0.2) is 14.0 Å². The lowest BCUT2D eigenvalue weighted by atomic mass is 9.90. The number of anilines is 1. The van der Waals surface area contributed by atoms with Crippen LogP contribution in [0.5, 0.6) is 5.75 Å². The summed E-state index contributed by atoms with van der Waals surface area (Å²) in [5.74, 6) is -0.706. The number of aliphatic hydroxyl groups is 1. The number of aliphatic hydroxyl groups excluding tert-OH is 1. The number of benzene rings is 3. The second-order valence-electron chi connectivity index (χ2n) is 12.0. The molecular weight excluding hydrogens is 607 g/mol. The van der Waals surface area contributed by atoms with Crippen LogP contribution in [0.3, 0.4) is 0 Å². The monoisotopic (exact) mass is 642 g/mol. The fourth-order valence-electron chi connectivity index (χ4n) is 6.51. The van der Waals surface area contributed by atoms with Crippen LogP contribution in [0.4, 0.5) is 14.9 Å². The lowest BCUT2D eigenvalue weighted by molar-refractivity contribution is 0.0838. The highest BCUT2D eigenvalue weighted by molar-refractivity contribution is 6.04. The van der Waals surface area contributed by atoms with Crippen LogP contribution in [-0.2, 0) is 13.6 Å². The number of carbonyl (C=O) groups is 2. The van der Waals surface area contributed by atoms with Gasteiger partial charge in [0, 0.05) is 44.1 Å². The van der Waals surface area contributed by atoms with Gasteiger partial charge in [-0.15, -0.1) is 0 Å². The van der Waals surface area contributed by atoms with Gasteiger partial charge in [0.1, 0.15) is 22.7 Å². The molecule has 4 aromatic rings. The normalized spacial score (nSPS) is 19.1. The Hall–Kier alpha value is -5.27. The van der Waals surface area contributed by atoms with Crippen LogP contribution in [0.25, 0.3) is 22.3 Å². The van der Waals surface area contributed by atoms with Crippen molar-refractivity contribution in [1.29, 1.82) is 0 Å². The smallest absolute Gasteiger partial charge is 0.328 e. The maximum absolute atomic E-state index is 15.8. The lowest BCUT2D eigenvalue weighted by Gasteiger charge is -2.26. The molecule has 2 unspecified atom stereocenters. The molecule has 12 nitrogen and oxygen atoms in total. The fraction of sp³-hybridized carbons (Fsp3) is 0.294. The zero-order valence-corrected chi connectivity index (χ0v) is 26.4. The summed E-state index contributed by atoms with van der Waals surface area (Å²) in [7, 11) is 2.78. The zero-order chi connectivity index (χ0) is 33.6. The number of aromatic amines is 1. The first kappa shape index (κ1) is 31.7. The first-order valence-corrected chi connectivity index (χ1v) is 15.1. The van der Waals surface area contributed by atoms with Gasteiger partial charge < -0.3 is 30.8 Å². The number of rotatable bonds is 7. The molecule has 0 saturated carbocycles. The summed E-state index contributed by atoms with van der Waals surface area (Å²) in [6, 6.07) is 14.0. The molecule has 2 aliphatic rings. The third-order valence-corrected chi connectivity index (χ3v) is 9.23. The van der Waals surface area contributed by atoms with Crippen LogP contribution < -0.4 is 31.9 Å². The number of urea groups is 1. The first-order chi connectivity index (χ1) is 22.4. The second kappa shape index (κ2) is 12.2. The highest BCUT2D eigenvalue weighted by Gasteiger charge is 2.50. The van der Waals surface area contributed by atoms with Gasteiger partial charge in [0.05, 0.1) is 7.11 Å². The molecule has 3 aromatic carbocycles. The van der Waals surface area contributed by atoms with E-state index in [0.717, 1.165) is 38.6 Å². The number of methoxy groups -OCH3 is 1. The molecule has 244 valence electrons. The average Bonchev–Trinajstić information content (AvgIpc) is 3.57. The number of carbonyl (C=O) groups excluding carboxylic acids is 2. The summed E-state index contributed by atoms with van der Waals surface area (Å²) >= 11 is 0. The van der Waals surface area contributed by atoms with Gasteiger partial charge in [0.25, 0.3) is 11.5 Å². The summed E-state index contributed by atoms with van der Waals surface area (Å²) in [6.07, 6.45) is 0.607. The molecule has 3 amide bonds. The molecule has 47 heavy (non-hydrogen) atoms. The van der Waals surface area contributed by atoms with Crippen LogP contribution in [0, 0.1) is 19.7 Å². The highest BCUT2D eigenvalue weighted by atomic mass is 19.1. The maximum Gasteiger partial charge on any atom is 0.328 e. The van der Waals surface area contributed by atoms with Gasteiger partial charge in [-0.3, -0.25) is 19.1 Å². The first-order valence-electron chi connectivity index (χ1n) is 15.1. The Kier molecular flexibility index (Phi) is 8.20. The molecule has 13 heteroatoms. The molecule has 0 aliphatic carbocycles. The van der Waals surface area contributed by atoms with Crippen LogP contribution in [-0.4, -0.2) is 63.5 Å². The Morgan fingerprint density at radius 3 is 2.49 bits per heavy atom. The molecule has 2 fully saturated rings. The SMILES string of the molecule is COc1cc(-c2cccc(-c3cccc(NC(=O)c4c[nH]c(=O)n(C)c4=O)c3C)c2C)cc(F)c1CN1CCC2(C1)NC(=O)NC2O. The summed E-state index contributed by atoms with van der Waals surface area (Å²) in [4.78, 5) is 53.4. The van der Waals surface area contributed by atoms with Crippen molar-refractivity contribution in [1.82, 2.24) is 25.1 Å². The largest absolute Gasteiger partial charge is 0.496 e. The average molecular weight is 643 g/mol. The van der Waals surface area contributed by atoms with Gasteiger partial charge in [0.15, 0.2) is 6.23 Å². The summed E-state index contributed by atoms with van der Waals surface area (Å²) in [5, 5.41) is 18.4. The number of nitrogens with one attached hydrogen (secondary N) is 4. The van der Waals surface area contributed by atoms with E-state index in [9.17, 15) is 24.3 Å². The van der Waals surface area contributed by atoms with Gasteiger partial charge in [-0.2, -0.15) is 0 Å². The summed E-state index contributed by atoms with van der Waals surface area (Å²) < 4.78 is 22.3. The molecular formula is C34H35FN6O6. The predicted molar refractivity (Wildman–Crippen MR) is 174 cm³/mol. The number of likely N-dealkylation sites (tertiary alicyclic amines) is 1. The Bertz CT molecular complexity index is 2040. The Morgan fingerprint density at radius 1 is 1.09 bits per heavy atom. The summed E-state index contributed by atoms with van der Waals surface area (Å²) in [5.41, 5.74) is 3.29. The molecule has 0 radical (unpaired) electrons. The van der Waals surface area contributed by atoms with Crippen molar-refractivity contribution in [3.8, 4) is 28.0 Å². The molecule has 3 heterocycles. The molecule has 0 bridgehead atoms. The summed E-state index contributed by atoms with van der Waals surface area (Å²) in [6.45, 7) is 4.95. The molecule has 6 rings (SSSR count). The number of aromatic nitrogens is 2. The highest BCUT2D eigenvalue weighted by Crippen LogP contribution is 2.38. The van der Waals surface area contributed by atoms with Crippen LogP contribution in [0.15, 0.2) is 64.3 Å².